The summed E-state index contributed by atoms with van der Waals surface area (Å²) >= 11 is 0. The Bertz CT molecular complexity index is 196. The second kappa shape index (κ2) is 8.06. The molecule has 102 valence electrons. The van der Waals surface area contributed by atoms with Crippen LogP contribution in [0.2, 0.25) is 0 Å². The van der Waals surface area contributed by atoms with Gasteiger partial charge in [0.15, 0.2) is 0 Å². The normalized spacial score (nSPS) is 24.2. The number of nitrogens with one attached hydrogen (secondary N) is 1. The van der Waals surface area contributed by atoms with E-state index in [1.165, 1.54) is 45.3 Å². The molecule has 17 heavy (non-hydrogen) atoms. The van der Waals surface area contributed by atoms with Gasteiger partial charge in [-0.05, 0) is 66.3 Å². The lowest BCUT2D eigenvalue weighted by molar-refractivity contribution is 0.131. The largest absolute Gasteiger partial charge is 0.314 e. The molecule has 0 radical (unpaired) electrons. The SMILES string of the molecule is CCCNC(C)CCN(C)C1CCCN(C)C1. The monoisotopic (exact) mass is 241 g/mol. The summed E-state index contributed by atoms with van der Waals surface area (Å²) in [6.45, 7) is 9.42. The standard InChI is InChI=1S/C14H31N3/c1-5-9-15-13(2)8-11-17(4)14-7-6-10-16(3)12-14/h13-15H,5-12H2,1-4H3. The Morgan fingerprint density at radius 2 is 2.24 bits per heavy atom. The molecule has 1 N–H and O–H groups in total. The molecule has 1 aliphatic rings. The first kappa shape index (κ1) is 14.9. The molecule has 0 aromatic heterocycles. The Balaban J connectivity index is 2.17. The van der Waals surface area contributed by atoms with Gasteiger partial charge in [-0.25, -0.2) is 0 Å². The van der Waals surface area contributed by atoms with Gasteiger partial charge in [0.25, 0.3) is 0 Å². The van der Waals surface area contributed by atoms with Crippen molar-refractivity contribution in [2.24, 2.45) is 0 Å². The van der Waals surface area contributed by atoms with E-state index >= 15 is 0 Å². The van der Waals surface area contributed by atoms with Crippen LogP contribution in [0.4, 0.5) is 0 Å². The van der Waals surface area contributed by atoms with Gasteiger partial charge in [-0.3, -0.25) is 0 Å². The number of hydrogen-bond donors (Lipinski definition) is 1. The van der Waals surface area contributed by atoms with Crippen LogP contribution in [0, 0.1) is 0 Å². The van der Waals surface area contributed by atoms with Gasteiger partial charge < -0.3 is 15.1 Å². The number of likely N-dealkylation sites (N-methyl/N-ethyl adjacent to an activating group) is 2. The van der Waals surface area contributed by atoms with Crippen LogP contribution in [0.5, 0.6) is 0 Å². The highest BCUT2D eigenvalue weighted by Crippen LogP contribution is 2.13. The van der Waals surface area contributed by atoms with Crippen LogP contribution in [0.1, 0.15) is 39.5 Å². The van der Waals surface area contributed by atoms with Gasteiger partial charge in [-0.15, -0.1) is 0 Å². The predicted octanol–water partition coefficient (Wildman–Crippen LogP) is 1.79. The Morgan fingerprint density at radius 3 is 2.88 bits per heavy atom. The van der Waals surface area contributed by atoms with Gasteiger partial charge >= 0.3 is 0 Å². The molecule has 0 bridgehead atoms. The molecule has 2 unspecified atom stereocenters. The fourth-order valence-corrected chi connectivity index (χ4v) is 2.57. The van der Waals surface area contributed by atoms with Crippen molar-refractivity contribution in [3.8, 4) is 0 Å². The third kappa shape index (κ3) is 5.84. The maximum atomic E-state index is 3.56. The van der Waals surface area contributed by atoms with E-state index in [4.69, 9.17) is 0 Å². The first-order chi connectivity index (χ1) is 8.13. The first-order valence-electron chi connectivity index (χ1n) is 7.25. The van der Waals surface area contributed by atoms with E-state index in [0.29, 0.717) is 6.04 Å². The van der Waals surface area contributed by atoms with Crippen LogP contribution in [0.15, 0.2) is 0 Å². The predicted molar refractivity (Wildman–Crippen MR) is 75.5 cm³/mol. The molecule has 1 heterocycles. The zero-order valence-electron chi connectivity index (χ0n) is 12.2. The Morgan fingerprint density at radius 1 is 1.47 bits per heavy atom. The lowest BCUT2D eigenvalue weighted by Crippen LogP contribution is -2.46. The van der Waals surface area contributed by atoms with E-state index < -0.39 is 0 Å². The zero-order chi connectivity index (χ0) is 12.7. The summed E-state index contributed by atoms with van der Waals surface area (Å²) in [7, 11) is 4.53. The van der Waals surface area contributed by atoms with Crippen molar-refractivity contribution in [3.05, 3.63) is 0 Å². The molecule has 1 rings (SSSR count). The molecule has 1 saturated heterocycles. The fraction of sp³-hybridized carbons (Fsp3) is 1.00. The number of piperidine rings is 1. The molecule has 3 heteroatoms. The highest BCUT2D eigenvalue weighted by molar-refractivity contribution is 4.78. The van der Waals surface area contributed by atoms with Crippen molar-refractivity contribution in [1.82, 2.24) is 15.1 Å². The maximum absolute atomic E-state index is 3.56. The topological polar surface area (TPSA) is 18.5 Å². The maximum Gasteiger partial charge on any atom is 0.0220 e. The van der Waals surface area contributed by atoms with Crippen LogP contribution in [-0.2, 0) is 0 Å². The molecule has 0 amide bonds. The van der Waals surface area contributed by atoms with E-state index in [-0.39, 0.29) is 0 Å². The van der Waals surface area contributed by atoms with Crippen molar-refractivity contribution < 1.29 is 0 Å². The Hall–Kier alpha value is -0.120. The number of nitrogens with zero attached hydrogens (tertiary/aromatic N) is 2. The molecule has 1 fully saturated rings. The minimum atomic E-state index is 0.652. The van der Waals surface area contributed by atoms with Crippen molar-refractivity contribution in [3.63, 3.8) is 0 Å². The molecular formula is C14H31N3. The van der Waals surface area contributed by atoms with E-state index in [0.717, 1.165) is 12.6 Å². The summed E-state index contributed by atoms with van der Waals surface area (Å²) in [5.41, 5.74) is 0. The van der Waals surface area contributed by atoms with Crippen LogP contribution in [0.3, 0.4) is 0 Å². The smallest absolute Gasteiger partial charge is 0.0220 e. The number of likely N-dealkylation sites (tertiary alicyclic amines) is 1. The lowest BCUT2D eigenvalue weighted by atomic mass is 10.0. The van der Waals surface area contributed by atoms with Gasteiger partial charge in [-0.1, -0.05) is 6.92 Å². The van der Waals surface area contributed by atoms with Gasteiger partial charge in [0.05, 0.1) is 0 Å². The van der Waals surface area contributed by atoms with E-state index in [1.807, 2.05) is 0 Å². The van der Waals surface area contributed by atoms with Crippen molar-refractivity contribution in [2.45, 2.75) is 51.6 Å². The lowest BCUT2D eigenvalue weighted by Gasteiger charge is -2.36. The molecule has 0 spiro atoms. The number of rotatable bonds is 7. The second-order valence-electron chi connectivity index (χ2n) is 5.68. The Kier molecular flexibility index (Phi) is 7.09. The van der Waals surface area contributed by atoms with E-state index in [9.17, 15) is 0 Å². The third-order valence-electron chi connectivity index (χ3n) is 3.88. The molecular weight excluding hydrogens is 210 g/mol. The van der Waals surface area contributed by atoms with E-state index in [2.05, 4.69) is 43.1 Å². The van der Waals surface area contributed by atoms with Gasteiger partial charge in [-0.2, -0.15) is 0 Å². The number of hydrogen-bond acceptors (Lipinski definition) is 3. The van der Waals surface area contributed by atoms with Crippen LogP contribution in [-0.4, -0.2) is 62.2 Å². The quantitative estimate of drug-likeness (QED) is 0.733. The minimum absolute atomic E-state index is 0.652. The van der Waals surface area contributed by atoms with Gasteiger partial charge in [0.2, 0.25) is 0 Å². The average Bonchev–Trinajstić information content (AvgIpc) is 2.33. The molecule has 0 aromatic rings. The van der Waals surface area contributed by atoms with Crippen molar-refractivity contribution >= 4 is 0 Å². The second-order valence-corrected chi connectivity index (χ2v) is 5.68. The third-order valence-corrected chi connectivity index (χ3v) is 3.88. The van der Waals surface area contributed by atoms with Crippen LogP contribution in [0.25, 0.3) is 0 Å². The van der Waals surface area contributed by atoms with E-state index in [1.54, 1.807) is 0 Å². The summed E-state index contributed by atoms with van der Waals surface area (Å²) in [6, 6.07) is 1.42. The molecule has 2 atom stereocenters. The summed E-state index contributed by atoms with van der Waals surface area (Å²) in [5, 5.41) is 3.56. The van der Waals surface area contributed by atoms with Crippen LogP contribution < -0.4 is 5.32 Å². The molecule has 1 aliphatic heterocycles. The highest BCUT2D eigenvalue weighted by atomic mass is 15.2. The summed E-state index contributed by atoms with van der Waals surface area (Å²) < 4.78 is 0. The average molecular weight is 241 g/mol. The van der Waals surface area contributed by atoms with Crippen molar-refractivity contribution in [2.75, 3.05) is 40.3 Å². The summed E-state index contributed by atoms with van der Waals surface area (Å²) in [4.78, 5) is 5.02. The van der Waals surface area contributed by atoms with Crippen LogP contribution >= 0.6 is 0 Å². The van der Waals surface area contributed by atoms with Gasteiger partial charge in [0.1, 0.15) is 0 Å². The summed E-state index contributed by atoms with van der Waals surface area (Å²) in [5.74, 6) is 0. The first-order valence-corrected chi connectivity index (χ1v) is 7.25. The fourth-order valence-electron chi connectivity index (χ4n) is 2.57. The minimum Gasteiger partial charge on any atom is -0.314 e. The molecule has 0 aliphatic carbocycles. The summed E-state index contributed by atoms with van der Waals surface area (Å²) in [6.07, 6.45) is 5.22. The molecule has 0 saturated carbocycles. The molecule has 3 nitrogen and oxygen atoms in total. The Labute approximate surface area is 108 Å². The highest BCUT2D eigenvalue weighted by Gasteiger charge is 2.20. The zero-order valence-corrected chi connectivity index (χ0v) is 12.2. The van der Waals surface area contributed by atoms with Gasteiger partial charge in [0, 0.05) is 18.6 Å². The molecule has 0 aromatic carbocycles. The van der Waals surface area contributed by atoms with Crippen molar-refractivity contribution in [1.29, 1.82) is 0 Å².